The first-order chi connectivity index (χ1) is 12.1. The molecule has 130 valence electrons. The first-order valence-electron chi connectivity index (χ1n) is 7.60. The summed E-state index contributed by atoms with van der Waals surface area (Å²) in [4.78, 5) is 4.44. The fourth-order valence-electron chi connectivity index (χ4n) is 2.19. The standard InChI is InChI=1S/C17H17N3O4S/c1-23-14-7-9-15(10-8-14)25(21,22)18-12-11-16-19-17(20-24-16)13-5-3-2-4-6-13/h2-10,18H,11-12H2,1H3. The Balaban J connectivity index is 1.59. The summed E-state index contributed by atoms with van der Waals surface area (Å²) in [7, 11) is -2.07. The van der Waals surface area contributed by atoms with Crippen molar-refractivity contribution in [1.82, 2.24) is 14.9 Å². The molecule has 2 aromatic carbocycles. The van der Waals surface area contributed by atoms with Crippen molar-refractivity contribution in [3.05, 3.63) is 60.5 Å². The van der Waals surface area contributed by atoms with Crippen molar-refractivity contribution < 1.29 is 17.7 Å². The molecule has 0 bridgehead atoms. The average Bonchev–Trinajstić information content (AvgIpc) is 3.11. The molecular formula is C17H17N3O4S. The smallest absolute Gasteiger partial charge is 0.240 e. The van der Waals surface area contributed by atoms with Crippen molar-refractivity contribution >= 4 is 10.0 Å². The highest BCUT2D eigenvalue weighted by atomic mass is 32.2. The topological polar surface area (TPSA) is 94.3 Å². The van der Waals surface area contributed by atoms with Crippen LogP contribution in [0.5, 0.6) is 5.75 Å². The van der Waals surface area contributed by atoms with Gasteiger partial charge in [-0.25, -0.2) is 13.1 Å². The Labute approximate surface area is 145 Å². The second-order valence-corrected chi connectivity index (χ2v) is 6.97. The van der Waals surface area contributed by atoms with E-state index in [4.69, 9.17) is 9.26 Å². The molecule has 1 heterocycles. The lowest BCUT2D eigenvalue weighted by molar-refractivity contribution is 0.379. The number of hydrogen-bond acceptors (Lipinski definition) is 6. The van der Waals surface area contributed by atoms with Gasteiger partial charge in [0.25, 0.3) is 0 Å². The molecule has 1 N–H and O–H groups in total. The van der Waals surface area contributed by atoms with Gasteiger partial charge in [0.2, 0.25) is 21.7 Å². The van der Waals surface area contributed by atoms with Gasteiger partial charge in [0.1, 0.15) is 5.75 Å². The maximum Gasteiger partial charge on any atom is 0.240 e. The van der Waals surface area contributed by atoms with E-state index < -0.39 is 10.0 Å². The second kappa shape index (κ2) is 7.45. The first-order valence-corrected chi connectivity index (χ1v) is 9.08. The zero-order valence-electron chi connectivity index (χ0n) is 13.5. The summed E-state index contributed by atoms with van der Waals surface area (Å²) in [5.41, 5.74) is 0.844. The molecule has 3 rings (SSSR count). The van der Waals surface area contributed by atoms with E-state index in [1.807, 2.05) is 30.3 Å². The van der Waals surface area contributed by atoms with Crippen LogP contribution in [-0.4, -0.2) is 32.2 Å². The largest absolute Gasteiger partial charge is 0.497 e. The zero-order valence-corrected chi connectivity index (χ0v) is 14.4. The van der Waals surface area contributed by atoms with Crippen LogP contribution in [0.25, 0.3) is 11.4 Å². The van der Waals surface area contributed by atoms with E-state index in [9.17, 15) is 8.42 Å². The van der Waals surface area contributed by atoms with Gasteiger partial charge in [-0.05, 0) is 24.3 Å². The SMILES string of the molecule is COc1ccc(S(=O)(=O)NCCc2nc(-c3ccccc3)no2)cc1. The molecular weight excluding hydrogens is 342 g/mol. The first kappa shape index (κ1) is 17.1. The van der Waals surface area contributed by atoms with E-state index in [0.717, 1.165) is 5.56 Å². The van der Waals surface area contributed by atoms with Crippen molar-refractivity contribution in [3.8, 4) is 17.1 Å². The molecule has 1 aromatic heterocycles. The Kier molecular flexibility index (Phi) is 5.11. The van der Waals surface area contributed by atoms with Crippen LogP contribution in [0.15, 0.2) is 64.0 Å². The predicted octanol–water partition coefficient (Wildman–Crippen LogP) is 2.27. The highest BCUT2D eigenvalue weighted by Gasteiger charge is 2.15. The van der Waals surface area contributed by atoms with Crippen LogP contribution in [0.4, 0.5) is 0 Å². The molecule has 0 aliphatic rings. The maximum absolute atomic E-state index is 12.2. The van der Waals surface area contributed by atoms with Crippen molar-refractivity contribution in [2.45, 2.75) is 11.3 Å². The van der Waals surface area contributed by atoms with Crippen LogP contribution in [0.1, 0.15) is 5.89 Å². The molecule has 0 aliphatic heterocycles. The van der Waals surface area contributed by atoms with Crippen molar-refractivity contribution in [3.63, 3.8) is 0 Å². The van der Waals surface area contributed by atoms with Crippen LogP contribution < -0.4 is 9.46 Å². The maximum atomic E-state index is 12.2. The Bertz CT molecular complexity index is 922. The predicted molar refractivity (Wildman–Crippen MR) is 91.6 cm³/mol. The van der Waals surface area contributed by atoms with E-state index in [1.165, 1.54) is 19.2 Å². The second-order valence-electron chi connectivity index (χ2n) is 5.20. The van der Waals surface area contributed by atoms with Gasteiger partial charge in [0, 0.05) is 18.5 Å². The minimum absolute atomic E-state index is 0.158. The van der Waals surface area contributed by atoms with Gasteiger partial charge in [-0.15, -0.1) is 0 Å². The third-order valence-electron chi connectivity index (χ3n) is 3.50. The summed E-state index contributed by atoms with van der Waals surface area (Å²) >= 11 is 0. The van der Waals surface area contributed by atoms with E-state index in [0.29, 0.717) is 23.9 Å². The molecule has 0 unspecified atom stereocenters. The van der Waals surface area contributed by atoms with Crippen molar-refractivity contribution in [2.75, 3.05) is 13.7 Å². The number of rotatable bonds is 7. The number of nitrogens with one attached hydrogen (secondary N) is 1. The van der Waals surface area contributed by atoms with Gasteiger partial charge in [0.15, 0.2) is 0 Å². The third kappa shape index (κ3) is 4.23. The molecule has 25 heavy (non-hydrogen) atoms. The van der Waals surface area contributed by atoms with Crippen LogP contribution >= 0.6 is 0 Å². The Morgan fingerprint density at radius 1 is 1.08 bits per heavy atom. The number of hydrogen-bond donors (Lipinski definition) is 1. The Morgan fingerprint density at radius 3 is 2.48 bits per heavy atom. The quantitative estimate of drug-likeness (QED) is 0.695. The summed E-state index contributed by atoms with van der Waals surface area (Å²) < 4.78 is 37.1. The molecule has 3 aromatic rings. The fraction of sp³-hybridized carbons (Fsp3) is 0.176. The Hall–Kier alpha value is -2.71. The van der Waals surface area contributed by atoms with Crippen LogP contribution in [-0.2, 0) is 16.4 Å². The number of benzene rings is 2. The lowest BCUT2D eigenvalue weighted by Crippen LogP contribution is -2.26. The van der Waals surface area contributed by atoms with Gasteiger partial charge in [-0.1, -0.05) is 35.5 Å². The third-order valence-corrected chi connectivity index (χ3v) is 4.98. The molecule has 0 spiro atoms. The minimum atomic E-state index is -3.60. The zero-order chi connectivity index (χ0) is 17.7. The summed E-state index contributed by atoms with van der Waals surface area (Å²) in [5.74, 6) is 1.45. The fourth-order valence-corrected chi connectivity index (χ4v) is 3.22. The number of nitrogens with zero attached hydrogens (tertiary/aromatic N) is 2. The van der Waals surface area contributed by atoms with E-state index in [-0.39, 0.29) is 11.4 Å². The van der Waals surface area contributed by atoms with Crippen LogP contribution in [0, 0.1) is 0 Å². The molecule has 0 aliphatic carbocycles. The van der Waals surface area contributed by atoms with Crippen LogP contribution in [0.3, 0.4) is 0 Å². The van der Waals surface area contributed by atoms with Crippen molar-refractivity contribution in [1.29, 1.82) is 0 Å². The number of ether oxygens (including phenoxy) is 1. The normalized spacial score (nSPS) is 11.4. The lowest BCUT2D eigenvalue weighted by Gasteiger charge is -2.06. The molecule has 0 atom stereocenters. The Morgan fingerprint density at radius 2 is 1.80 bits per heavy atom. The molecule has 0 saturated carbocycles. The minimum Gasteiger partial charge on any atom is -0.497 e. The van der Waals surface area contributed by atoms with Gasteiger partial charge >= 0.3 is 0 Å². The molecule has 7 nitrogen and oxygen atoms in total. The number of methoxy groups -OCH3 is 1. The molecule has 0 fully saturated rings. The average molecular weight is 359 g/mol. The summed E-state index contributed by atoms with van der Waals surface area (Å²) in [5, 5.41) is 3.90. The van der Waals surface area contributed by atoms with E-state index >= 15 is 0 Å². The summed E-state index contributed by atoms with van der Waals surface area (Å²) in [6.07, 6.45) is 0.301. The van der Waals surface area contributed by atoms with Crippen molar-refractivity contribution in [2.24, 2.45) is 0 Å². The number of sulfonamides is 1. The van der Waals surface area contributed by atoms with E-state index in [1.54, 1.807) is 12.1 Å². The summed E-state index contributed by atoms with van der Waals surface area (Å²) in [6.45, 7) is 0.158. The van der Waals surface area contributed by atoms with Gasteiger partial charge in [-0.2, -0.15) is 4.98 Å². The molecule has 8 heteroatoms. The highest BCUT2D eigenvalue weighted by Crippen LogP contribution is 2.16. The molecule has 0 amide bonds. The highest BCUT2D eigenvalue weighted by molar-refractivity contribution is 7.89. The van der Waals surface area contributed by atoms with E-state index in [2.05, 4.69) is 14.9 Å². The van der Waals surface area contributed by atoms with Gasteiger partial charge in [0.05, 0.1) is 12.0 Å². The summed E-state index contributed by atoms with van der Waals surface area (Å²) in [6, 6.07) is 15.6. The molecule has 0 saturated heterocycles. The molecule has 0 radical (unpaired) electrons. The monoisotopic (exact) mass is 359 g/mol. The van der Waals surface area contributed by atoms with Gasteiger partial charge < -0.3 is 9.26 Å². The van der Waals surface area contributed by atoms with Crippen LogP contribution in [0.2, 0.25) is 0 Å². The lowest BCUT2D eigenvalue weighted by atomic mass is 10.2. The number of aromatic nitrogens is 2. The van der Waals surface area contributed by atoms with Gasteiger partial charge in [-0.3, -0.25) is 0 Å².